The third-order valence-corrected chi connectivity index (χ3v) is 3.97. The molecule has 1 N–H and O–H groups in total. The van der Waals surface area contributed by atoms with Crippen LogP contribution in [0.15, 0.2) is 35.2 Å². The Morgan fingerprint density at radius 3 is 2.78 bits per heavy atom. The zero-order chi connectivity index (χ0) is 12.4. The predicted octanol–water partition coefficient (Wildman–Crippen LogP) is 2.40. The number of rotatable bonds is 3. The lowest BCUT2D eigenvalue weighted by Crippen LogP contribution is -2.28. The highest BCUT2D eigenvalue weighted by Crippen LogP contribution is 2.33. The largest absolute Gasteiger partial charge is 0.491 e. The smallest absolute Gasteiger partial charge is 0.261 e. The Labute approximate surface area is 111 Å². The fraction of sp³-hybridized carbons (Fsp3) is 0.357. The van der Waals surface area contributed by atoms with Crippen molar-refractivity contribution in [2.24, 2.45) is 0 Å². The van der Waals surface area contributed by atoms with E-state index in [2.05, 4.69) is 5.32 Å². The molecule has 3 rings (SSSR count). The number of carbonyl (C=O) groups excluding carboxylic acids is 1. The summed E-state index contributed by atoms with van der Waals surface area (Å²) in [6.45, 7) is 0.662. The van der Waals surface area contributed by atoms with Gasteiger partial charge in [-0.2, -0.15) is 0 Å². The van der Waals surface area contributed by atoms with Gasteiger partial charge in [-0.3, -0.25) is 4.79 Å². The Morgan fingerprint density at radius 2 is 2.06 bits per heavy atom. The number of benzene rings is 1. The van der Waals surface area contributed by atoms with Crippen molar-refractivity contribution < 1.29 is 9.53 Å². The maximum atomic E-state index is 12.2. The maximum Gasteiger partial charge on any atom is 0.261 e. The number of carbonyl (C=O) groups is 1. The minimum absolute atomic E-state index is 0.0149. The molecule has 0 atom stereocenters. The van der Waals surface area contributed by atoms with E-state index in [1.165, 1.54) is 0 Å². The maximum absolute atomic E-state index is 12.2. The van der Waals surface area contributed by atoms with Crippen molar-refractivity contribution >= 4 is 23.4 Å². The van der Waals surface area contributed by atoms with E-state index in [0.29, 0.717) is 12.6 Å². The Hall–Kier alpha value is -1.42. The standard InChI is InChI=1S/C14H15NO2S/c16-14(15-11-6-7-11)13-12(17-8-9-18-13)10-4-2-1-3-5-10/h1-5,11H,6-9H2,(H,15,16). The molecule has 1 aliphatic carbocycles. The molecule has 94 valence electrons. The lowest BCUT2D eigenvalue weighted by atomic mass is 10.1. The predicted molar refractivity (Wildman–Crippen MR) is 72.9 cm³/mol. The van der Waals surface area contributed by atoms with Crippen LogP contribution in [0.4, 0.5) is 0 Å². The molecule has 2 aliphatic rings. The van der Waals surface area contributed by atoms with Gasteiger partial charge in [-0.05, 0) is 12.8 Å². The first kappa shape index (κ1) is 11.7. The SMILES string of the molecule is O=C(NC1CC1)C1=C(c2ccccc2)OCCS1. The minimum Gasteiger partial charge on any atom is -0.491 e. The molecule has 0 bridgehead atoms. The van der Waals surface area contributed by atoms with Crippen molar-refractivity contribution in [3.8, 4) is 0 Å². The third kappa shape index (κ3) is 2.53. The summed E-state index contributed by atoms with van der Waals surface area (Å²) in [6.07, 6.45) is 2.20. The van der Waals surface area contributed by atoms with Gasteiger partial charge in [0.15, 0.2) is 0 Å². The van der Waals surface area contributed by atoms with Gasteiger partial charge >= 0.3 is 0 Å². The number of hydrogen-bond acceptors (Lipinski definition) is 3. The Bertz CT molecular complexity index is 480. The van der Waals surface area contributed by atoms with Gasteiger partial charge in [0, 0.05) is 17.4 Å². The molecule has 3 nitrogen and oxygen atoms in total. The Kier molecular flexibility index (Phi) is 3.28. The average Bonchev–Trinajstić information content (AvgIpc) is 3.24. The van der Waals surface area contributed by atoms with Crippen LogP contribution in [-0.2, 0) is 9.53 Å². The Morgan fingerprint density at radius 1 is 1.28 bits per heavy atom. The van der Waals surface area contributed by atoms with Gasteiger partial charge in [-0.1, -0.05) is 30.3 Å². The van der Waals surface area contributed by atoms with E-state index >= 15 is 0 Å². The summed E-state index contributed by atoms with van der Waals surface area (Å²) in [7, 11) is 0. The van der Waals surface area contributed by atoms with Crippen molar-refractivity contribution in [1.29, 1.82) is 0 Å². The van der Waals surface area contributed by atoms with E-state index in [9.17, 15) is 4.79 Å². The van der Waals surface area contributed by atoms with Gasteiger partial charge in [0.1, 0.15) is 10.7 Å². The molecule has 4 heteroatoms. The second-order valence-electron chi connectivity index (χ2n) is 4.47. The summed E-state index contributed by atoms with van der Waals surface area (Å²) < 4.78 is 5.70. The lowest BCUT2D eigenvalue weighted by molar-refractivity contribution is -0.117. The molecule has 0 aromatic heterocycles. The lowest BCUT2D eigenvalue weighted by Gasteiger charge is -2.20. The fourth-order valence-electron chi connectivity index (χ4n) is 1.87. The first-order valence-electron chi connectivity index (χ1n) is 6.21. The normalized spacial score (nSPS) is 19.3. The molecule has 18 heavy (non-hydrogen) atoms. The monoisotopic (exact) mass is 261 g/mol. The van der Waals surface area contributed by atoms with E-state index in [-0.39, 0.29) is 5.91 Å². The highest BCUT2D eigenvalue weighted by atomic mass is 32.2. The molecule has 1 aromatic carbocycles. The summed E-state index contributed by atoms with van der Waals surface area (Å²) in [5.74, 6) is 1.58. The van der Waals surface area contributed by atoms with Crippen molar-refractivity contribution in [1.82, 2.24) is 5.32 Å². The number of amides is 1. The first-order chi connectivity index (χ1) is 8.84. The molecular weight excluding hydrogens is 246 g/mol. The highest BCUT2D eigenvalue weighted by molar-refractivity contribution is 8.04. The van der Waals surface area contributed by atoms with Crippen molar-refractivity contribution in [3.63, 3.8) is 0 Å². The van der Waals surface area contributed by atoms with Gasteiger partial charge < -0.3 is 10.1 Å². The number of thioether (sulfide) groups is 1. The van der Waals surface area contributed by atoms with Gasteiger partial charge in [0.05, 0.1) is 6.61 Å². The van der Waals surface area contributed by atoms with Crippen LogP contribution in [0, 0.1) is 0 Å². The molecule has 0 unspecified atom stereocenters. The molecule has 1 aliphatic heterocycles. The summed E-state index contributed by atoms with van der Waals surface area (Å²) in [5, 5.41) is 3.03. The fourth-order valence-corrected chi connectivity index (χ4v) is 2.74. The van der Waals surface area contributed by atoms with E-state index in [1.807, 2.05) is 30.3 Å². The highest BCUT2D eigenvalue weighted by Gasteiger charge is 2.28. The summed E-state index contributed by atoms with van der Waals surface area (Å²) in [4.78, 5) is 12.9. The van der Waals surface area contributed by atoms with Crippen molar-refractivity contribution in [3.05, 3.63) is 40.8 Å². The summed E-state index contributed by atoms with van der Waals surface area (Å²) in [5.41, 5.74) is 0.977. The van der Waals surface area contributed by atoms with Crippen LogP contribution in [0.2, 0.25) is 0 Å². The number of ether oxygens (including phenoxy) is 1. The van der Waals surface area contributed by atoms with E-state index < -0.39 is 0 Å². The molecule has 1 amide bonds. The number of hydrogen-bond donors (Lipinski definition) is 1. The van der Waals surface area contributed by atoms with Crippen LogP contribution < -0.4 is 5.32 Å². The molecule has 1 fully saturated rings. The number of nitrogens with one attached hydrogen (secondary N) is 1. The molecule has 0 radical (unpaired) electrons. The van der Waals surface area contributed by atoms with Crippen molar-refractivity contribution in [2.45, 2.75) is 18.9 Å². The topological polar surface area (TPSA) is 38.3 Å². The quantitative estimate of drug-likeness (QED) is 0.908. The van der Waals surface area contributed by atoms with E-state index in [1.54, 1.807) is 11.8 Å². The van der Waals surface area contributed by atoms with Crippen LogP contribution in [0.25, 0.3) is 5.76 Å². The summed E-state index contributed by atoms with van der Waals surface area (Å²) in [6, 6.07) is 10.2. The van der Waals surface area contributed by atoms with Crippen LogP contribution in [-0.4, -0.2) is 24.3 Å². The van der Waals surface area contributed by atoms with E-state index in [0.717, 1.165) is 34.8 Å². The average molecular weight is 261 g/mol. The van der Waals surface area contributed by atoms with Crippen molar-refractivity contribution in [2.75, 3.05) is 12.4 Å². The van der Waals surface area contributed by atoms with Gasteiger partial charge in [0.25, 0.3) is 5.91 Å². The zero-order valence-corrected chi connectivity index (χ0v) is 10.8. The van der Waals surface area contributed by atoms with Crippen LogP contribution in [0.5, 0.6) is 0 Å². The molecule has 1 saturated carbocycles. The van der Waals surface area contributed by atoms with Crippen LogP contribution in [0.3, 0.4) is 0 Å². The second kappa shape index (κ2) is 5.06. The van der Waals surface area contributed by atoms with E-state index in [4.69, 9.17) is 4.74 Å². The third-order valence-electron chi connectivity index (χ3n) is 2.94. The summed E-state index contributed by atoms with van der Waals surface area (Å²) >= 11 is 1.59. The first-order valence-corrected chi connectivity index (χ1v) is 7.19. The molecule has 1 heterocycles. The van der Waals surface area contributed by atoms with Crippen LogP contribution >= 0.6 is 11.8 Å². The van der Waals surface area contributed by atoms with Gasteiger partial charge in [-0.25, -0.2) is 0 Å². The molecule has 0 spiro atoms. The van der Waals surface area contributed by atoms with Gasteiger partial charge in [-0.15, -0.1) is 11.8 Å². The minimum atomic E-state index is 0.0149. The zero-order valence-electron chi connectivity index (χ0n) is 10.0. The molecule has 0 saturated heterocycles. The molecular formula is C14H15NO2S. The van der Waals surface area contributed by atoms with Gasteiger partial charge in [0.2, 0.25) is 0 Å². The molecule has 1 aromatic rings. The van der Waals surface area contributed by atoms with Crippen LogP contribution in [0.1, 0.15) is 18.4 Å². The second-order valence-corrected chi connectivity index (χ2v) is 5.57. The Balaban J connectivity index is 1.90.